The third kappa shape index (κ3) is 5.33. The van der Waals surface area contributed by atoms with Crippen LogP contribution in [0.5, 0.6) is 0 Å². The average Bonchev–Trinajstić information content (AvgIpc) is 3.87. The van der Waals surface area contributed by atoms with Crippen LogP contribution in [0.1, 0.15) is 55.7 Å². The summed E-state index contributed by atoms with van der Waals surface area (Å²) >= 11 is 8.73. The summed E-state index contributed by atoms with van der Waals surface area (Å²) in [7, 11) is 0. The van der Waals surface area contributed by atoms with Crippen molar-refractivity contribution in [1.29, 1.82) is 0 Å². The smallest absolute Gasteiger partial charge is 0.323 e. The third-order valence-corrected chi connectivity index (χ3v) is 13.2. The number of nitrogens with zero attached hydrogens (tertiary/aromatic N) is 4. The van der Waals surface area contributed by atoms with Gasteiger partial charge in [0, 0.05) is 36.4 Å². The summed E-state index contributed by atoms with van der Waals surface area (Å²) < 4.78 is 4.31. The first-order valence-electron chi connectivity index (χ1n) is 15.7. The molecule has 4 aromatic rings. The summed E-state index contributed by atoms with van der Waals surface area (Å²) in [6.07, 6.45) is 6.66. The predicted octanol–water partition coefficient (Wildman–Crippen LogP) is 4.58. The number of carbonyl (C=O) groups excluding carboxylic acids is 1. The molecule has 1 N–H and O–H groups in total. The Morgan fingerprint density at radius 3 is 2.40 bits per heavy atom. The van der Waals surface area contributed by atoms with Crippen molar-refractivity contribution >= 4 is 91.3 Å². The van der Waals surface area contributed by atoms with Crippen molar-refractivity contribution < 1.29 is 14.7 Å². The Balaban J connectivity index is 1.40. The minimum atomic E-state index is -1.20. The number of aliphatic carboxylic acids is 1. The Bertz CT molecular complexity index is 2370. The summed E-state index contributed by atoms with van der Waals surface area (Å²) in [5.74, 6) is -1.10. The second-order valence-corrected chi connectivity index (χ2v) is 15.5. The van der Waals surface area contributed by atoms with Crippen molar-refractivity contribution in [1.82, 2.24) is 14.0 Å². The van der Waals surface area contributed by atoms with Gasteiger partial charge in [-0.05, 0) is 73.7 Å². The van der Waals surface area contributed by atoms with Crippen molar-refractivity contribution in [2.24, 2.45) is 0 Å². The number of amides is 1. The van der Waals surface area contributed by atoms with E-state index in [1.54, 1.807) is 19.1 Å². The number of rotatable bonds is 7. The Hall–Kier alpha value is -4.04. The van der Waals surface area contributed by atoms with E-state index >= 15 is 0 Å². The second-order valence-electron chi connectivity index (χ2n) is 11.8. The molecule has 3 aliphatic rings. The predicted molar refractivity (Wildman–Crippen MR) is 196 cm³/mol. The summed E-state index contributed by atoms with van der Waals surface area (Å²) in [6.45, 7) is 9.45. The first-order valence-corrected chi connectivity index (χ1v) is 18.5. The Morgan fingerprint density at radius 2 is 1.73 bits per heavy atom. The number of aromatic nitrogens is 2. The van der Waals surface area contributed by atoms with Crippen LogP contribution < -0.4 is 25.2 Å². The SMILES string of the molecule is [CH]=Cc1ccc(N2c3ccc(/C=c4\s/c(=c5/s/c(=C6/SC(=S)N(CC)C6=O)n(CC)c5=O)n(CC(=O)O)c4=O)cc3C3CCCC32)cc1. The lowest BCUT2D eigenvalue weighted by Crippen LogP contribution is -2.31. The molecule has 1 saturated carbocycles. The quantitative estimate of drug-likeness (QED) is 0.278. The molecule has 1 aliphatic carbocycles. The fraction of sp³-hybridized carbons (Fsp3) is 0.286. The van der Waals surface area contributed by atoms with E-state index in [4.69, 9.17) is 18.8 Å². The Morgan fingerprint density at radius 1 is 0.979 bits per heavy atom. The first kappa shape index (κ1) is 32.5. The maximum atomic E-state index is 13.8. The van der Waals surface area contributed by atoms with E-state index < -0.39 is 18.1 Å². The number of carboxylic acid groups (broad SMARTS) is 1. The zero-order chi connectivity index (χ0) is 33.9. The van der Waals surface area contributed by atoms with Gasteiger partial charge in [-0.2, -0.15) is 0 Å². The normalized spacial score (nSPS) is 20.9. The minimum Gasteiger partial charge on any atom is -0.480 e. The van der Waals surface area contributed by atoms with Crippen molar-refractivity contribution in [2.45, 2.75) is 58.2 Å². The molecule has 0 bridgehead atoms. The number of thiocarbonyl (C=S) groups is 1. The van der Waals surface area contributed by atoms with Gasteiger partial charge in [-0.1, -0.05) is 61.3 Å². The molecule has 1 amide bonds. The molecule has 2 fully saturated rings. The van der Waals surface area contributed by atoms with Crippen LogP contribution in [-0.2, 0) is 22.7 Å². The maximum absolute atomic E-state index is 13.8. The molecule has 2 aromatic carbocycles. The lowest BCUT2D eigenvalue weighted by molar-refractivity contribution is -0.137. The topological polar surface area (TPSA) is 105 Å². The average molecular weight is 716 g/mol. The van der Waals surface area contributed by atoms with E-state index in [0.717, 1.165) is 80.8 Å². The van der Waals surface area contributed by atoms with Crippen LogP contribution in [0.2, 0.25) is 0 Å². The van der Waals surface area contributed by atoms with E-state index in [9.17, 15) is 24.3 Å². The molecular formula is C35H31N4O5S4. The van der Waals surface area contributed by atoms with Gasteiger partial charge in [-0.3, -0.25) is 33.2 Å². The van der Waals surface area contributed by atoms with Gasteiger partial charge >= 0.3 is 5.97 Å². The van der Waals surface area contributed by atoms with E-state index in [-0.39, 0.29) is 20.7 Å². The zero-order valence-corrected chi connectivity index (χ0v) is 29.4. The van der Waals surface area contributed by atoms with Crippen LogP contribution in [0, 0.1) is 15.8 Å². The van der Waals surface area contributed by atoms with Crippen LogP contribution in [0.15, 0.2) is 52.1 Å². The molecule has 13 heteroatoms. The van der Waals surface area contributed by atoms with Gasteiger partial charge in [0.05, 0.1) is 4.53 Å². The standard InChI is InChI=1S/C35H31N4O5S4/c1-4-19-10-13-21(14-11-19)39-24-9-7-8-22(24)23-16-20(12-15-25(23)39)17-26-30(42)38(18-27(40)41)34(46-26)28-31(43)36(5-2)33(47-28)29-32(44)37(6-3)35(45)48-29/h1,4,10-17,22,24H,5-9,18H2,2-3H3,(H,40,41)/b4-1?,26-17-,33-29+,34-28+. The largest absolute Gasteiger partial charge is 0.480 e. The van der Waals surface area contributed by atoms with Crippen molar-refractivity contribution in [3.05, 3.63) is 105 Å². The van der Waals surface area contributed by atoms with Gasteiger partial charge in [0.2, 0.25) is 0 Å². The molecular weight excluding hydrogens is 685 g/mol. The van der Waals surface area contributed by atoms with Gasteiger partial charge in [0.15, 0.2) is 0 Å². The van der Waals surface area contributed by atoms with E-state index in [1.807, 2.05) is 25.1 Å². The number of fused-ring (bicyclic) bond motifs is 3. The van der Waals surface area contributed by atoms with Crippen molar-refractivity contribution in [3.63, 3.8) is 0 Å². The molecule has 2 aliphatic heterocycles. The van der Waals surface area contributed by atoms with Crippen LogP contribution in [-0.4, -0.2) is 47.9 Å². The van der Waals surface area contributed by atoms with Gasteiger partial charge in [0.25, 0.3) is 17.0 Å². The number of anilines is 2. The van der Waals surface area contributed by atoms with E-state index in [2.05, 4.69) is 29.2 Å². The molecule has 2 aromatic heterocycles. The molecule has 48 heavy (non-hydrogen) atoms. The Labute approximate surface area is 293 Å². The minimum absolute atomic E-state index is 0.216. The molecule has 2 unspecified atom stereocenters. The van der Waals surface area contributed by atoms with Crippen molar-refractivity contribution in [3.8, 4) is 0 Å². The third-order valence-electron chi connectivity index (χ3n) is 9.14. The molecule has 245 valence electrons. The zero-order valence-electron chi connectivity index (χ0n) is 26.2. The van der Waals surface area contributed by atoms with Crippen LogP contribution in [0.3, 0.4) is 0 Å². The summed E-state index contributed by atoms with van der Waals surface area (Å²) in [5, 5.41) is 9.74. The number of hydrogen-bond acceptors (Lipinski definition) is 9. The Kier molecular flexibility index (Phi) is 8.65. The van der Waals surface area contributed by atoms with E-state index in [0.29, 0.717) is 43.5 Å². The summed E-state index contributed by atoms with van der Waals surface area (Å²) in [6, 6.07) is 14.8. The highest BCUT2D eigenvalue weighted by molar-refractivity contribution is 8.30. The monoisotopic (exact) mass is 715 g/mol. The lowest BCUT2D eigenvalue weighted by Gasteiger charge is -2.27. The molecule has 0 spiro atoms. The van der Waals surface area contributed by atoms with Crippen LogP contribution in [0.4, 0.5) is 11.4 Å². The van der Waals surface area contributed by atoms with Gasteiger partial charge < -0.3 is 10.0 Å². The number of carbonyl (C=O) groups is 2. The summed E-state index contributed by atoms with van der Waals surface area (Å²) in [5.41, 5.74) is 4.41. The molecule has 1 radical (unpaired) electrons. The molecule has 1 saturated heterocycles. The fourth-order valence-corrected chi connectivity index (χ4v) is 10.9. The molecule has 9 nitrogen and oxygen atoms in total. The number of thiazole rings is 2. The highest BCUT2D eigenvalue weighted by atomic mass is 32.2. The van der Waals surface area contributed by atoms with E-state index in [1.165, 1.54) is 15.0 Å². The molecule has 2 atom stereocenters. The molecule has 7 rings (SSSR count). The van der Waals surface area contributed by atoms with Crippen LogP contribution >= 0.6 is 46.7 Å². The summed E-state index contributed by atoms with van der Waals surface area (Å²) in [4.78, 5) is 56.9. The second kappa shape index (κ2) is 12.8. The van der Waals surface area contributed by atoms with Crippen molar-refractivity contribution in [2.75, 3.05) is 11.4 Å². The highest BCUT2D eigenvalue weighted by Crippen LogP contribution is 2.52. The number of thioether (sulfide) groups is 1. The number of carboxylic acids is 1. The molecule has 4 heterocycles. The highest BCUT2D eigenvalue weighted by Gasteiger charge is 2.42. The number of benzene rings is 2. The van der Waals surface area contributed by atoms with Gasteiger partial charge in [-0.15, -0.1) is 22.7 Å². The van der Waals surface area contributed by atoms with Gasteiger partial charge in [-0.25, -0.2) is 0 Å². The fourth-order valence-electron chi connectivity index (χ4n) is 6.97. The lowest BCUT2D eigenvalue weighted by atomic mass is 9.96. The maximum Gasteiger partial charge on any atom is 0.323 e. The number of hydrogen-bond donors (Lipinski definition) is 1. The van der Waals surface area contributed by atoms with Crippen LogP contribution in [0.25, 0.3) is 17.1 Å². The first-order chi connectivity index (χ1) is 23.1. The van der Waals surface area contributed by atoms with Gasteiger partial charge in [0.1, 0.15) is 29.6 Å².